The summed E-state index contributed by atoms with van der Waals surface area (Å²) in [5.41, 5.74) is 0.952. The zero-order valence-corrected chi connectivity index (χ0v) is 8.26. The van der Waals surface area contributed by atoms with Crippen LogP contribution in [0.4, 0.5) is 10.1 Å². The number of hydrogen-bond acceptors (Lipinski definition) is 1. The first kappa shape index (κ1) is 10.0. The van der Waals surface area contributed by atoms with Crippen LogP contribution in [-0.4, -0.2) is 13.6 Å². The quantitative estimate of drug-likeness (QED) is 0.690. The first-order chi connectivity index (χ1) is 6.24. The van der Waals surface area contributed by atoms with Crippen molar-refractivity contribution in [2.45, 2.75) is 19.8 Å². The lowest BCUT2D eigenvalue weighted by atomic mass is 10.2. The van der Waals surface area contributed by atoms with Gasteiger partial charge in [0.1, 0.15) is 5.82 Å². The lowest BCUT2D eigenvalue weighted by molar-refractivity contribution is 0.626. The zero-order valence-electron chi connectivity index (χ0n) is 8.26. The molecule has 0 N–H and O–H groups in total. The molecule has 0 saturated carbocycles. The van der Waals surface area contributed by atoms with Crippen LogP contribution in [0.3, 0.4) is 0 Å². The van der Waals surface area contributed by atoms with E-state index in [1.54, 1.807) is 12.1 Å². The Morgan fingerprint density at radius 3 is 2.77 bits per heavy atom. The molecule has 13 heavy (non-hydrogen) atoms. The van der Waals surface area contributed by atoms with Gasteiger partial charge in [-0.2, -0.15) is 0 Å². The largest absolute Gasteiger partial charge is 0.375 e. The molecular formula is C11H16FN. The Morgan fingerprint density at radius 2 is 2.15 bits per heavy atom. The van der Waals surface area contributed by atoms with Crippen molar-refractivity contribution in [3.8, 4) is 0 Å². The second-order valence-corrected chi connectivity index (χ2v) is 3.25. The van der Waals surface area contributed by atoms with Crippen LogP contribution >= 0.6 is 0 Å². The molecule has 1 nitrogen and oxygen atoms in total. The number of nitrogens with zero attached hydrogens (tertiary/aromatic N) is 1. The van der Waals surface area contributed by atoms with Gasteiger partial charge < -0.3 is 4.90 Å². The fraction of sp³-hybridized carbons (Fsp3) is 0.455. The summed E-state index contributed by atoms with van der Waals surface area (Å²) in [6.07, 6.45) is 2.31. The smallest absolute Gasteiger partial charge is 0.125 e. The zero-order chi connectivity index (χ0) is 9.68. The molecule has 0 amide bonds. The van der Waals surface area contributed by atoms with Crippen LogP contribution in [0.2, 0.25) is 0 Å². The van der Waals surface area contributed by atoms with E-state index >= 15 is 0 Å². The van der Waals surface area contributed by atoms with Crippen LogP contribution in [0.1, 0.15) is 19.8 Å². The van der Waals surface area contributed by atoms with Crippen molar-refractivity contribution >= 4 is 5.69 Å². The Bertz CT molecular complexity index is 260. The van der Waals surface area contributed by atoms with E-state index in [1.165, 1.54) is 12.5 Å². The van der Waals surface area contributed by atoms with Crippen LogP contribution in [0.15, 0.2) is 24.3 Å². The molecule has 0 fully saturated rings. The first-order valence-corrected chi connectivity index (χ1v) is 4.70. The van der Waals surface area contributed by atoms with E-state index in [0.717, 1.165) is 18.7 Å². The number of hydrogen-bond donors (Lipinski definition) is 0. The molecule has 0 heterocycles. The topological polar surface area (TPSA) is 3.24 Å². The number of anilines is 1. The first-order valence-electron chi connectivity index (χ1n) is 4.70. The van der Waals surface area contributed by atoms with Gasteiger partial charge in [-0.3, -0.25) is 0 Å². The molecule has 1 aromatic rings. The molecule has 72 valence electrons. The maximum atomic E-state index is 12.8. The molecule has 0 bridgehead atoms. The van der Waals surface area contributed by atoms with E-state index in [2.05, 4.69) is 11.8 Å². The lowest BCUT2D eigenvalue weighted by Crippen LogP contribution is -2.18. The van der Waals surface area contributed by atoms with Crippen molar-refractivity contribution in [1.82, 2.24) is 0 Å². The van der Waals surface area contributed by atoms with Gasteiger partial charge in [0.25, 0.3) is 0 Å². The minimum atomic E-state index is -0.166. The highest BCUT2D eigenvalue weighted by molar-refractivity contribution is 5.45. The van der Waals surface area contributed by atoms with Gasteiger partial charge in [-0.1, -0.05) is 19.4 Å². The number of unbranched alkanes of at least 4 members (excludes halogenated alkanes) is 1. The SMILES string of the molecule is CCCCN(C)c1cccc(F)c1. The fourth-order valence-corrected chi connectivity index (χ4v) is 1.24. The second-order valence-electron chi connectivity index (χ2n) is 3.25. The molecule has 0 spiro atoms. The van der Waals surface area contributed by atoms with Crippen LogP contribution in [0.25, 0.3) is 0 Å². The highest BCUT2D eigenvalue weighted by atomic mass is 19.1. The molecule has 0 unspecified atom stereocenters. The molecular weight excluding hydrogens is 165 g/mol. The van der Waals surface area contributed by atoms with Crippen LogP contribution < -0.4 is 4.90 Å². The Morgan fingerprint density at radius 1 is 1.38 bits per heavy atom. The summed E-state index contributed by atoms with van der Waals surface area (Å²) in [6.45, 7) is 3.14. The average Bonchev–Trinajstić information content (AvgIpc) is 2.14. The normalized spacial score (nSPS) is 10.1. The predicted molar refractivity (Wildman–Crippen MR) is 54.6 cm³/mol. The summed E-state index contributed by atoms with van der Waals surface area (Å²) in [5, 5.41) is 0. The van der Waals surface area contributed by atoms with E-state index in [4.69, 9.17) is 0 Å². The molecule has 0 saturated heterocycles. The van der Waals surface area contributed by atoms with E-state index in [1.807, 2.05) is 13.1 Å². The van der Waals surface area contributed by atoms with Crippen molar-refractivity contribution < 1.29 is 4.39 Å². The molecule has 0 aromatic heterocycles. The van der Waals surface area contributed by atoms with Crippen molar-refractivity contribution in [2.24, 2.45) is 0 Å². The summed E-state index contributed by atoms with van der Waals surface area (Å²) in [6, 6.07) is 6.71. The molecule has 0 aliphatic heterocycles. The van der Waals surface area contributed by atoms with Gasteiger partial charge in [0.05, 0.1) is 0 Å². The number of benzene rings is 1. The van der Waals surface area contributed by atoms with Crippen molar-refractivity contribution in [3.05, 3.63) is 30.1 Å². The fourth-order valence-electron chi connectivity index (χ4n) is 1.24. The maximum Gasteiger partial charge on any atom is 0.125 e. The molecule has 0 aliphatic rings. The van der Waals surface area contributed by atoms with Gasteiger partial charge in [0.2, 0.25) is 0 Å². The molecule has 0 atom stereocenters. The van der Waals surface area contributed by atoms with Crippen LogP contribution in [0, 0.1) is 5.82 Å². The highest BCUT2D eigenvalue weighted by Gasteiger charge is 2.00. The number of halogens is 1. The van der Waals surface area contributed by atoms with Crippen LogP contribution in [-0.2, 0) is 0 Å². The van der Waals surface area contributed by atoms with Gasteiger partial charge in [0, 0.05) is 19.3 Å². The third-order valence-electron chi connectivity index (χ3n) is 2.10. The molecule has 0 radical (unpaired) electrons. The molecule has 2 heteroatoms. The minimum Gasteiger partial charge on any atom is -0.375 e. The van der Waals surface area contributed by atoms with E-state index < -0.39 is 0 Å². The lowest BCUT2D eigenvalue weighted by Gasteiger charge is -2.18. The summed E-state index contributed by atoms with van der Waals surface area (Å²) in [5.74, 6) is -0.166. The van der Waals surface area contributed by atoms with Crippen molar-refractivity contribution in [1.29, 1.82) is 0 Å². The Kier molecular flexibility index (Phi) is 3.74. The van der Waals surface area contributed by atoms with E-state index in [0.29, 0.717) is 0 Å². The molecule has 0 aliphatic carbocycles. The van der Waals surface area contributed by atoms with Gasteiger partial charge in [-0.05, 0) is 24.6 Å². The van der Waals surface area contributed by atoms with Crippen molar-refractivity contribution in [2.75, 3.05) is 18.5 Å². The Hall–Kier alpha value is -1.05. The summed E-state index contributed by atoms with van der Waals surface area (Å²) < 4.78 is 12.8. The monoisotopic (exact) mass is 181 g/mol. The minimum absolute atomic E-state index is 0.166. The van der Waals surface area contributed by atoms with Gasteiger partial charge in [-0.15, -0.1) is 0 Å². The molecule has 1 rings (SSSR count). The highest BCUT2D eigenvalue weighted by Crippen LogP contribution is 2.13. The van der Waals surface area contributed by atoms with Gasteiger partial charge >= 0.3 is 0 Å². The van der Waals surface area contributed by atoms with Gasteiger partial charge in [-0.25, -0.2) is 4.39 Å². The predicted octanol–water partition coefficient (Wildman–Crippen LogP) is 3.06. The summed E-state index contributed by atoms with van der Waals surface area (Å²) >= 11 is 0. The summed E-state index contributed by atoms with van der Waals surface area (Å²) in [7, 11) is 1.99. The second kappa shape index (κ2) is 4.85. The van der Waals surface area contributed by atoms with E-state index in [-0.39, 0.29) is 5.82 Å². The summed E-state index contributed by atoms with van der Waals surface area (Å²) in [4.78, 5) is 2.08. The Labute approximate surface area is 79.2 Å². The van der Waals surface area contributed by atoms with E-state index in [9.17, 15) is 4.39 Å². The maximum absolute atomic E-state index is 12.8. The number of rotatable bonds is 4. The average molecular weight is 181 g/mol. The molecule has 1 aromatic carbocycles. The third kappa shape index (κ3) is 3.05. The third-order valence-corrected chi connectivity index (χ3v) is 2.10. The van der Waals surface area contributed by atoms with Crippen LogP contribution in [0.5, 0.6) is 0 Å². The Balaban J connectivity index is 2.60. The standard InChI is InChI=1S/C11H16FN/c1-3-4-8-13(2)11-7-5-6-10(12)9-11/h5-7,9H,3-4,8H2,1-2H3. The van der Waals surface area contributed by atoms with Crippen molar-refractivity contribution in [3.63, 3.8) is 0 Å². The van der Waals surface area contributed by atoms with Gasteiger partial charge in [0.15, 0.2) is 0 Å².